The number of benzene rings is 1. The van der Waals surface area contributed by atoms with E-state index >= 15 is 0 Å². The van der Waals surface area contributed by atoms with E-state index in [4.69, 9.17) is 14.9 Å². The first-order chi connectivity index (χ1) is 10.6. The van der Waals surface area contributed by atoms with Gasteiger partial charge in [0.15, 0.2) is 17.3 Å². The van der Waals surface area contributed by atoms with E-state index < -0.39 is 11.7 Å². The number of ether oxygens (including phenoxy) is 1. The molecule has 22 heavy (non-hydrogen) atoms. The fraction of sp³-hybridized carbons (Fsp3) is 0.0714. The zero-order chi connectivity index (χ0) is 15.7. The largest absolute Gasteiger partial charge is 0.494 e. The van der Waals surface area contributed by atoms with Crippen molar-refractivity contribution in [3.8, 4) is 17.3 Å². The van der Waals surface area contributed by atoms with Crippen LogP contribution in [0.15, 0.2) is 41.0 Å². The third-order valence-corrected chi connectivity index (χ3v) is 2.96. The number of anilines is 1. The monoisotopic (exact) mass is 302 g/mol. The number of methoxy groups -OCH3 is 1. The van der Waals surface area contributed by atoms with Crippen molar-refractivity contribution < 1.29 is 18.3 Å². The van der Waals surface area contributed by atoms with Gasteiger partial charge in [0.1, 0.15) is 0 Å². The first-order valence-corrected chi connectivity index (χ1v) is 6.25. The van der Waals surface area contributed by atoms with Crippen molar-refractivity contribution in [1.82, 2.24) is 14.8 Å². The maximum atomic E-state index is 13.4. The van der Waals surface area contributed by atoms with E-state index in [1.165, 1.54) is 25.5 Å². The Labute approximate surface area is 124 Å². The normalized spacial score (nSPS) is 10.6. The molecule has 0 aliphatic heterocycles. The molecule has 3 aromatic rings. The number of nitrogen functional groups attached to an aromatic ring is 1. The van der Waals surface area contributed by atoms with E-state index in [-0.39, 0.29) is 23.1 Å². The molecule has 0 amide bonds. The molecule has 2 heterocycles. The van der Waals surface area contributed by atoms with Crippen LogP contribution in [0.3, 0.4) is 0 Å². The van der Waals surface area contributed by atoms with Crippen molar-refractivity contribution in [2.45, 2.75) is 0 Å². The summed E-state index contributed by atoms with van der Waals surface area (Å²) >= 11 is 0. The number of furan rings is 1. The number of aromatic nitrogens is 3. The summed E-state index contributed by atoms with van der Waals surface area (Å²) in [5.41, 5.74) is 5.88. The van der Waals surface area contributed by atoms with Gasteiger partial charge in [-0.15, -0.1) is 5.10 Å². The number of hydrogen-bond acceptors (Lipinski definition) is 6. The Hall–Kier alpha value is -3.16. The fourth-order valence-corrected chi connectivity index (χ4v) is 1.90. The Balaban J connectivity index is 1.99. The maximum Gasteiger partial charge on any atom is 0.281 e. The highest BCUT2D eigenvalue weighted by molar-refractivity contribution is 5.97. The highest BCUT2D eigenvalue weighted by Gasteiger charge is 2.19. The van der Waals surface area contributed by atoms with Crippen molar-refractivity contribution in [1.29, 1.82) is 0 Å². The summed E-state index contributed by atoms with van der Waals surface area (Å²) in [6, 6.07) is 7.02. The van der Waals surface area contributed by atoms with Crippen LogP contribution < -0.4 is 10.5 Å². The lowest BCUT2D eigenvalue weighted by molar-refractivity contribution is 0.0947. The molecule has 2 aromatic heterocycles. The van der Waals surface area contributed by atoms with Crippen LogP contribution in [0, 0.1) is 5.82 Å². The third-order valence-electron chi connectivity index (χ3n) is 2.96. The van der Waals surface area contributed by atoms with Gasteiger partial charge in [0.2, 0.25) is 11.8 Å². The number of nitrogens with two attached hydrogens (primary N) is 1. The third kappa shape index (κ3) is 2.30. The van der Waals surface area contributed by atoms with E-state index in [1.54, 1.807) is 12.1 Å². The fourth-order valence-electron chi connectivity index (χ4n) is 1.90. The topological polar surface area (TPSA) is 96.2 Å². The van der Waals surface area contributed by atoms with Crippen molar-refractivity contribution in [3.05, 3.63) is 48.0 Å². The van der Waals surface area contributed by atoms with Crippen molar-refractivity contribution in [3.63, 3.8) is 0 Å². The van der Waals surface area contributed by atoms with Gasteiger partial charge in [-0.2, -0.15) is 9.67 Å². The summed E-state index contributed by atoms with van der Waals surface area (Å²) in [6.07, 6.45) is 1.46. The summed E-state index contributed by atoms with van der Waals surface area (Å²) in [5.74, 6) is -0.696. The Kier molecular flexibility index (Phi) is 3.34. The number of carbonyl (C=O) groups excluding carboxylic acids is 1. The summed E-state index contributed by atoms with van der Waals surface area (Å²) in [4.78, 5) is 16.4. The van der Waals surface area contributed by atoms with Gasteiger partial charge in [-0.05, 0) is 30.3 Å². The Morgan fingerprint density at radius 3 is 2.91 bits per heavy atom. The smallest absolute Gasteiger partial charge is 0.281 e. The molecule has 0 saturated carbocycles. The van der Waals surface area contributed by atoms with E-state index in [0.29, 0.717) is 5.76 Å². The summed E-state index contributed by atoms with van der Waals surface area (Å²) < 4.78 is 24.3. The second kappa shape index (κ2) is 5.32. The van der Waals surface area contributed by atoms with Crippen molar-refractivity contribution >= 4 is 11.9 Å². The molecule has 8 heteroatoms. The molecule has 3 rings (SSSR count). The summed E-state index contributed by atoms with van der Waals surface area (Å²) in [6.45, 7) is 0. The minimum Gasteiger partial charge on any atom is -0.494 e. The van der Waals surface area contributed by atoms with Gasteiger partial charge in [-0.3, -0.25) is 4.79 Å². The van der Waals surface area contributed by atoms with Crippen LogP contribution in [0.25, 0.3) is 11.6 Å². The second-order valence-corrected chi connectivity index (χ2v) is 4.34. The minimum atomic E-state index is -0.568. The highest BCUT2D eigenvalue weighted by Crippen LogP contribution is 2.21. The summed E-state index contributed by atoms with van der Waals surface area (Å²) in [5, 5.41) is 4.01. The standard InChI is InChI=1S/C14H11FN4O3/c1-21-11-7-8(4-5-9(11)15)13(20)19-14(16)17-12(18-19)10-3-2-6-22-10/h2-7H,1H3,(H2,16,17,18). The van der Waals surface area contributed by atoms with Gasteiger partial charge < -0.3 is 14.9 Å². The van der Waals surface area contributed by atoms with Gasteiger partial charge in [0.05, 0.1) is 13.4 Å². The zero-order valence-electron chi connectivity index (χ0n) is 11.5. The number of carbonyl (C=O) groups is 1. The molecule has 1 aromatic carbocycles. The molecule has 0 spiro atoms. The molecule has 0 atom stereocenters. The lowest BCUT2D eigenvalue weighted by Gasteiger charge is -2.05. The van der Waals surface area contributed by atoms with Crippen LogP contribution in [0.2, 0.25) is 0 Å². The zero-order valence-corrected chi connectivity index (χ0v) is 11.5. The molecule has 2 N–H and O–H groups in total. The van der Waals surface area contributed by atoms with Crippen LogP contribution in [0.1, 0.15) is 10.4 Å². The van der Waals surface area contributed by atoms with E-state index in [0.717, 1.165) is 10.7 Å². The lowest BCUT2D eigenvalue weighted by atomic mass is 10.2. The van der Waals surface area contributed by atoms with E-state index in [2.05, 4.69) is 10.1 Å². The predicted octanol–water partition coefficient (Wildman–Crippen LogP) is 1.96. The number of hydrogen-bond donors (Lipinski definition) is 1. The molecule has 7 nitrogen and oxygen atoms in total. The molecule has 0 unspecified atom stereocenters. The highest BCUT2D eigenvalue weighted by atomic mass is 19.1. The van der Waals surface area contributed by atoms with Gasteiger partial charge in [0, 0.05) is 5.56 Å². The quantitative estimate of drug-likeness (QED) is 0.794. The average molecular weight is 302 g/mol. The SMILES string of the molecule is COc1cc(C(=O)n2nc(-c3ccco3)nc2N)ccc1F. The van der Waals surface area contributed by atoms with Gasteiger partial charge in [0.25, 0.3) is 5.91 Å². The van der Waals surface area contributed by atoms with Crippen LogP contribution >= 0.6 is 0 Å². The molecule has 0 radical (unpaired) electrons. The Morgan fingerprint density at radius 1 is 1.41 bits per heavy atom. The maximum absolute atomic E-state index is 13.4. The minimum absolute atomic E-state index is 0.0456. The number of rotatable bonds is 3. The summed E-state index contributed by atoms with van der Waals surface area (Å²) in [7, 11) is 1.31. The lowest BCUT2D eigenvalue weighted by Crippen LogP contribution is -2.16. The second-order valence-electron chi connectivity index (χ2n) is 4.34. The molecule has 112 valence electrons. The van der Waals surface area contributed by atoms with E-state index in [1.807, 2.05) is 0 Å². The first-order valence-electron chi connectivity index (χ1n) is 6.25. The van der Waals surface area contributed by atoms with Crippen molar-refractivity contribution in [2.24, 2.45) is 0 Å². The van der Waals surface area contributed by atoms with Crippen LogP contribution in [0.5, 0.6) is 5.75 Å². The average Bonchev–Trinajstić information content (AvgIpc) is 3.16. The Bertz CT molecular complexity index is 827. The molecular weight excluding hydrogens is 291 g/mol. The van der Waals surface area contributed by atoms with E-state index in [9.17, 15) is 9.18 Å². The van der Waals surface area contributed by atoms with Gasteiger partial charge >= 0.3 is 0 Å². The molecule has 0 aliphatic carbocycles. The molecule has 0 aliphatic rings. The first kappa shape index (κ1) is 13.8. The predicted molar refractivity (Wildman–Crippen MR) is 74.8 cm³/mol. The molecule has 0 bridgehead atoms. The van der Waals surface area contributed by atoms with Gasteiger partial charge in [-0.25, -0.2) is 4.39 Å². The molecule has 0 saturated heterocycles. The number of halogens is 1. The Morgan fingerprint density at radius 2 is 2.23 bits per heavy atom. The van der Waals surface area contributed by atoms with Crippen LogP contribution in [-0.4, -0.2) is 27.8 Å². The van der Waals surface area contributed by atoms with Crippen LogP contribution in [-0.2, 0) is 0 Å². The van der Waals surface area contributed by atoms with Gasteiger partial charge in [-0.1, -0.05) is 0 Å². The molecule has 0 fully saturated rings. The number of nitrogens with zero attached hydrogens (tertiary/aromatic N) is 3. The van der Waals surface area contributed by atoms with Crippen LogP contribution in [0.4, 0.5) is 10.3 Å². The molecular formula is C14H11FN4O3. The van der Waals surface area contributed by atoms with Crippen molar-refractivity contribution in [2.75, 3.05) is 12.8 Å².